The number of ether oxygens (including phenoxy) is 2. The van der Waals surface area contributed by atoms with Gasteiger partial charge < -0.3 is 9.47 Å². The number of halogens is 1. The normalized spacial score (nSPS) is 16.3. The van der Waals surface area contributed by atoms with E-state index >= 15 is 0 Å². The van der Waals surface area contributed by atoms with Crippen LogP contribution in [0.5, 0.6) is 11.5 Å². The number of hydrogen-bond acceptors (Lipinski definition) is 3. The average molecular weight is 729 g/mol. The summed E-state index contributed by atoms with van der Waals surface area (Å²) in [7, 11) is 5.56. The van der Waals surface area contributed by atoms with Crippen molar-refractivity contribution < 1.29 is 26.4 Å². The van der Waals surface area contributed by atoms with Crippen LogP contribution < -0.4 is 24.5 Å². The van der Waals surface area contributed by atoms with E-state index in [9.17, 15) is 0 Å². The van der Waals surface area contributed by atoms with Gasteiger partial charge in [0.2, 0.25) is 0 Å². The van der Waals surface area contributed by atoms with Gasteiger partial charge in [0.05, 0.1) is 17.8 Å². The van der Waals surface area contributed by atoms with Crippen molar-refractivity contribution in [3.05, 3.63) is 72.3 Å². The first-order valence-corrected chi connectivity index (χ1v) is 21.0. The zero-order valence-electron chi connectivity index (χ0n) is 27.2. The van der Waals surface area contributed by atoms with E-state index in [1.54, 1.807) is 5.30 Å². The monoisotopic (exact) mass is 727 g/mol. The molecule has 2 aliphatic carbocycles. The minimum absolute atomic E-state index is 0.128. The van der Waals surface area contributed by atoms with Crippen LogP contribution in [0.15, 0.2) is 66.7 Å². The van der Waals surface area contributed by atoms with Gasteiger partial charge in [-0.2, -0.15) is 0 Å². The van der Waals surface area contributed by atoms with Crippen molar-refractivity contribution in [3.8, 4) is 22.6 Å². The molecular formula is C38H53ClNO2PPd. The Bertz CT molecular complexity index is 1230. The van der Waals surface area contributed by atoms with E-state index in [1.807, 2.05) is 12.1 Å². The molecule has 0 spiro atoms. The number of nitrogens with two attached hydrogens (primary N) is 1. The van der Waals surface area contributed by atoms with Crippen LogP contribution in [0.1, 0.15) is 97.5 Å². The van der Waals surface area contributed by atoms with Gasteiger partial charge in [-0.1, -0.05) is 76.8 Å². The summed E-state index contributed by atoms with van der Waals surface area (Å²) in [6, 6.07) is 23.8. The van der Waals surface area contributed by atoms with E-state index in [2.05, 4.69) is 82.3 Å². The van der Waals surface area contributed by atoms with Crippen molar-refractivity contribution in [1.29, 1.82) is 0 Å². The summed E-state index contributed by atoms with van der Waals surface area (Å²) >= 11 is 0.176. The summed E-state index contributed by atoms with van der Waals surface area (Å²) in [5.74, 6) is 1.91. The molecule has 2 saturated carbocycles. The minimum atomic E-state index is -0.213. The molecule has 6 heteroatoms. The Morgan fingerprint density at radius 1 is 0.727 bits per heavy atom. The zero-order valence-corrected chi connectivity index (χ0v) is 30.4. The van der Waals surface area contributed by atoms with Crippen molar-refractivity contribution in [2.24, 2.45) is 5.73 Å². The van der Waals surface area contributed by atoms with E-state index in [0.717, 1.165) is 34.8 Å². The average Bonchev–Trinajstić information content (AvgIpc) is 3.03. The Hall–Kier alpha value is -1.40. The molecule has 0 heterocycles. The predicted molar refractivity (Wildman–Crippen MR) is 188 cm³/mol. The van der Waals surface area contributed by atoms with E-state index in [-0.39, 0.29) is 37.1 Å². The van der Waals surface area contributed by atoms with Gasteiger partial charge in [0.15, 0.2) is 0 Å². The quantitative estimate of drug-likeness (QED) is 0.158. The summed E-state index contributed by atoms with van der Waals surface area (Å²) in [6.45, 7) is 9.15. The van der Waals surface area contributed by atoms with Crippen molar-refractivity contribution in [2.75, 3.05) is 6.54 Å². The number of hydrogen-bond donors (Lipinski definition) is 1. The van der Waals surface area contributed by atoms with Crippen LogP contribution in [0, 0.1) is 0 Å². The maximum absolute atomic E-state index is 6.37. The van der Waals surface area contributed by atoms with Crippen LogP contribution in [0.4, 0.5) is 0 Å². The van der Waals surface area contributed by atoms with Crippen LogP contribution in [0.2, 0.25) is 0 Å². The molecule has 0 bridgehead atoms. The molecule has 0 unspecified atom stereocenters. The van der Waals surface area contributed by atoms with Gasteiger partial charge in [-0.3, -0.25) is 0 Å². The molecule has 3 aromatic carbocycles. The first-order chi connectivity index (χ1) is 21.4. The summed E-state index contributed by atoms with van der Waals surface area (Å²) in [5, 5.41) is 1.60. The number of benzene rings is 3. The second-order valence-corrected chi connectivity index (χ2v) is 17.2. The van der Waals surface area contributed by atoms with E-state index in [1.165, 1.54) is 79.4 Å². The molecule has 3 nitrogen and oxygen atoms in total. The van der Waals surface area contributed by atoms with Crippen LogP contribution >= 0.6 is 17.5 Å². The topological polar surface area (TPSA) is 44.5 Å². The fraction of sp³-hybridized carbons (Fsp3) is 0.526. The second-order valence-electron chi connectivity index (χ2n) is 12.6. The van der Waals surface area contributed by atoms with Crippen molar-refractivity contribution in [1.82, 2.24) is 0 Å². The van der Waals surface area contributed by atoms with Crippen LogP contribution in [0.3, 0.4) is 0 Å². The standard InChI is InChI=1S/C30H43O2P.C8H10N.ClH.Pd/c1-22(2)31-27-19-13-20-28(32-23(3)4)30(27)26-18-11-12-21-29(26)33(24-14-7-5-8-15-24)25-16-9-6-10-17-25;9-7-6-8-4-2-1-3-5-8;;/h11-13,18-25H,5-10,14-17H2,1-4H3;1-4H,6-7,9H2;1H;/q;;;+1/p-1. The zero-order chi connectivity index (χ0) is 31.3. The molecular weight excluding hydrogens is 675 g/mol. The van der Waals surface area contributed by atoms with Crippen LogP contribution in [0.25, 0.3) is 11.1 Å². The Morgan fingerprint density at radius 3 is 1.77 bits per heavy atom. The molecule has 0 aromatic heterocycles. The van der Waals surface area contributed by atoms with Gasteiger partial charge in [-0.25, -0.2) is 0 Å². The van der Waals surface area contributed by atoms with Gasteiger partial charge in [-0.15, -0.1) is 0 Å². The Balaban J connectivity index is 0.000000339. The second kappa shape index (κ2) is 18.7. The summed E-state index contributed by atoms with van der Waals surface area (Å²) in [4.78, 5) is 0. The molecule has 0 atom stereocenters. The molecule has 0 aliphatic heterocycles. The van der Waals surface area contributed by atoms with Gasteiger partial charge in [-0.05, 0) is 87.7 Å². The van der Waals surface area contributed by atoms with Crippen LogP contribution in [-0.4, -0.2) is 30.1 Å². The molecule has 2 fully saturated rings. The first-order valence-electron chi connectivity index (χ1n) is 16.8. The van der Waals surface area contributed by atoms with Crippen molar-refractivity contribution in [2.45, 2.75) is 122 Å². The Morgan fingerprint density at radius 2 is 1.25 bits per heavy atom. The first kappa shape index (κ1) is 35.5. The molecule has 2 N–H and O–H groups in total. The molecule has 244 valence electrons. The SMILES string of the molecule is CC(C)Oc1cccc(OC(C)C)c1-c1ccccc1P(C1CCCCC1)C1CCCCC1.NCCc1cccc[c]1[Pd][Cl]. The van der Waals surface area contributed by atoms with E-state index in [0.29, 0.717) is 6.54 Å². The molecule has 2 aliphatic rings. The maximum atomic E-state index is 6.37. The van der Waals surface area contributed by atoms with Crippen molar-refractivity contribution in [3.63, 3.8) is 0 Å². The fourth-order valence-corrected chi connectivity index (χ4v) is 12.1. The Kier molecular flexibility index (Phi) is 15.0. The Labute approximate surface area is 280 Å². The van der Waals surface area contributed by atoms with E-state index in [4.69, 9.17) is 24.7 Å². The van der Waals surface area contributed by atoms with Gasteiger partial charge in [0.25, 0.3) is 0 Å². The molecule has 0 saturated heterocycles. The fourth-order valence-electron chi connectivity index (χ4n) is 6.70. The molecule has 5 rings (SSSR count). The van der Waals surface area contributed by atoms with Gasteiger partial charge in [0.1, 0.15) is 11.5 Å². The summed E-state index contributed by atoms with van der Waals surface area (Å²) in [5.41, 5.74) is 11.0. The molecule has 0 amide bonds. The van der Waals surface area contributed by atoms with Crippen LogP contribution in [-0.2, 0) is 23.4 Å². The third kappa shape index (κ3) is 10.0. The van der Waals surface area contributed by atoms with Crippen molar-refractivity contribution >= 4 is 26.8 Å². The molecule has 0 radical (unpaired) electrons. The van der Waals surface area contributed by atoms with Gasteiger partial charge >= 0.3 is 79.1 Å². The van der Waals surface area contributed by atoms with Gasteiger partial charge in [0, 0.05) is 0 Å². The predicted octanol–water partition coefficient (Wildman–Crippen LogP) is 9.75. The third-order valence-electron chi connectivity index (χ3n) is 8.51. The van der Waals surface area contributed by atoms with E-state index < -0.39 is 0 Å². The third-order valence-corrected chi connectivity index (χ3v) is 13.9. The summed E-state index contributed by atoms with van der Waals surface area (Å²) < 4.78 is 14.0. The number of rotatable bonds is 11. The summed E-state index contributed by atoms with van der Waals surface area (Å²) in [6.07, 6.45) is 15.3. The molecule has 44 heavy (non-hydrogen) atoms. The molecule has 3 aromatic rings.